The van der Waals surface area contributed by atoms with Crippen LogP contribution in [0.5, 0.6) is 0 Å². The van der Waals surface area contributed by atoms with Crippen molar-refractivity contribution >= 4 is 35.9 Å². The van der Waals surface area contributed by atoms with Crippen molar-refractivity contribution < 1.29 is 13.9 Å². The summed E-state index contributed by atoms with van der Waals surface area (Å²) in [7, 11) is 3.12. The maximum Gasteiger partial charge on any atom is 0.341 e. The number of nitrogens with one attached hydrogen (secondary N) is 2. The van der Waals surface area contributed by atoms with Crippen molar-refractivity contribution in [3.05, 3.63) is 59.0 Å². The Morgan fingerprint density at radius 1 is 1.27 bits per heavy atom. The first-order valence-electron chi connectivity index (χ1n) is 10.00. The number of piperidine rings is 1. The summed E-state index contributed by atoms with van der Waals surface area (Å²) in [5, 5.41) is 6.76. The molecular weight excluding hydrogens is 495 g/mol. The average Bonchev–Trinajstić information content (AvgIpc) is 3.13. The number of esters is 1. The van der Waals surface area contributed by atoms with E-state index >= 15 is 0 Å². The van der Waals surface area contributed by atoms with Crippen molar-refractivity contribution in [3.63, 3.8) is 0 Å². The summed E-state index contributed by atoms with van der Waals surface area (Å²) in [5.41, 5.74) is 1.81. The van der Waals surface area contributed by atoms with E-state index in [1.54, 1.807) is 20.0 Å². The Bertz CT molecular complexity index is 830. The van der Waals surface area contributed by atoms with E-state index in [0.717, 1.165) is 38.4 Å². The van der Waals surface area contributed by atoms with Crippen molar-refractivity contribution in [2.75, 3.05) is 27.2 Å². The van der Waals surface area contributed by atoms with E-state index in [0.29, 0.717) is 29.7 Å². The van der Waals surface area contributed by atoms with Crippen LogP contribution in [-0.4, -0.2) is 50.1 Å². The van der Waals surface area contributed by atoms with Crippen LogP contribution in [0.2, 0.25) is 0 Å². The number of methoxy groups -OCH3 is 1. The van der Waals surface area contributed by atoms with Crippen LogP contribution in [-0.2, 0) is 17.8 Å². The summed E-state index contributed by atoms with van der Waals surface area (Å²) in [6.45, 7) is 5.32. The van der Waals surface area contributed by atoms with Crippen LogP contribution in [0.15, 0.2) is 45.8 Å². The number of hydrogen-bond acceptors (Lipinski definition) is 5. The molecule has 3 rings (SSSR count). The molecule has 0 bridgehead atoms. The summed E-state index contributed by atoms with van der Waals surface area (Å²) >= 11 is 0. The number of benzene rings is 1. The zero-order valence-corrected chi connectivity index (χ0v) is 20.1. The molecular formula is C22H31IN4O3. The van der Waals surface area contributed by atoms with Gasteiger partial charge in [-0.05, 0) is 31.4 Å². The Balaban J connectivity index is 0.00000320. The summed E-state index contributed by atoms with van der Waals surface area (Å²) in [4.78, 5) is 18.5. The normalized spacial score (nSPS) is 15.4. The van der Waals surface area contributed by atoms with Gasteiger partial charge in [-0.15, -0.1) is 24.0 Å². The van der Waals surface area contributed by atoms with E-state index in [2.05, 4.69) is 50.9 Å². The number of carbonyl (C=O) groups is 1. The molecule has 30 heavy (non-hydrogen) atoms. The minimum atomic E-state index is -0.387. The SMILES string of the molecule is CN=C(NCc1cc(C(=O)OC)c(C)o1)NC1CCN(Cc2ccccc2)CC1.I. The Kier molecular flexibility index (Phi) is 9.64. The number of halogens is 1. The number of aliphatic imine (C=N–C) groups is 1. The number of hydrogen-bond donors (Lipinski definition) is 2. The first kappa shape index (κ1) is 24.2. The minimum absolute atomic E-state index is 0. The second-order valence-corrected chi connectivity index (χ2v) is 7.28. The van der Waals surface area contributed by atoms with Gasteiger partial charge >= 0.3 is 5.97 Å². The molecule has 1 aliphatic rings. The molecule has 1 fully saturated rings. The third kappa shape index (κ3) is 6.73. The molecule has 1 aromatic heterocycles. The monoisotopic (exact) mass is 526 g/mol. The molecule has 0 atom stereocenters. The van der Waals surface area contributed by atoms with Gasteiger partial charge in [-0.3, -0.25) is 9.89 Å². The predicted molar refractivity (Wildman–Crippen MR) is 128 cm³/mol. The Morgan fingerprint density at radius 3 is 2.60 bits per heavy atom. The van der Waals surface area contributed by atoms with Gasteiger partial charge in [0.25, 0.3) is 0 Å². The Labute approximate surface area is 195 Å². The zero-order valence-electron chi connectivity index (χ0n) is 17.8. The van der Waals surface area contributed by atoms with Gasteiger partial charge in [0.05, 0.1) is 13.7 Å². The summed E-state index contributed by atoms with van der Waals surface area (Å²) < 4.78 is 10.4. The number of aryl methyl sites for hydroxylation is 1. The predicted octanol–water partition coefficient (Wildman–Crippen LogP) is 3.32. The van der Waals surface area contributed by atoms with Crippen LogP contribution in [0.4, 0.5) is 0 Å². The largest absolute Gasteiger partial charge is 0.465 e. The van der Waals surface area contributed by atoms with Crippen molar-refractivity contribution in [3.8, 4) is 0 Å². The van der Waals surface area contributed by atoms with E-state index < -0.39 is 0 Å². The maximum absolute atomic E-state index is 11.7. The number of rotatable bonds is 6. The van der Waals surface area contributed by atoms with Gasteiger partial charge in [-0.2, -0.15) is 0 Å². The van der Waals surface area contributed by atoms with Crippen LogP contribution in [0.1, 0.15) is 40.3 Å². The summed E-state index contributed by atoms with van der Waals surface area (Å²) in [6.07, 6.45) is 2.14. The molecule has 0 unspecified atom stereocenters. The fourth-order valence-electron chi connectivity index (χ4n) is 3.58. The van der Waals surface area contributed by atoms with E-state index in [1.807, 2.05) is 0 Å². The molecule has 1 saturated heterocycles. The third-order valence-corrected chi connectivity index (χ3v) is 5.21. The van der Waals surface area contributed by atoms with Gasteiger partial charge in [0.1, 0.15) is 17.1 Å². The van der Waals surface area contributed by atoms with Crippen molar-refractivity contribution in [2.24, 2.45) is 4.99 Å². The smallest absolute Gasteiger partial charge is 0.341 e. The maximum atomic E-state index is 11.7. The van der Waals surface area contributed by atoms with Gasteiger partial charge in [-0.1, -0.05) is 30.3 Å². The third-order valence-electron chi connectivity index (χ3n) is 5.21. The van der Waals surface area contributed by atoms with E-state index in [-0.39, 0.29) is 29.9 Å². The lowest BCUT2D eigenvalue weighted by atomic mass is 10.0. The van der Waals surface area contributed by atoms with Crippen LogP contribution in [0.3, 0.4) is 0 Å². The van der Waals surface area contributed by atoms with Gasteiger partial charge in [-0.25, -0.2) is 4.79 Å². The van der Waals surface area contributed by atoms with Gasteiger partial charge < -0.3 is 19.8 Å². The topological polar surface area (TPSA) is 79.1 Å². The van der Waals surface area contributed by atoms with Crippen LogP contribution >= 0.6 is 24.0 Å². The van der Waals surface area contributed by atoms with Crippen LogP contribution in [0.25, 0.3) is 0 Å². The lowest BCUT2D eigenvalue weighted by Crippen LogP contribution is -2.48. The molecule has 164 valence electrons. The average molecular weight is 526 g/mol. The van der Waals surface area contributed by atoms with Crippen LogP contribution in [0, 0.1) is 6.92 Å². The highest BCUT2D eigenvalue weighted by Crippen LogP contribution is 2.16. The second kappa shape index (κ2) is 11.9. The number of nitrogens with zero attached hydrogens (tertiary/aromatic N) is 2. The quantitative estimate of drug-likeness (QED) is 0.260. The number of guanidine groups is 1. The first-order chi connectivity index (χ1) is 14.1. The van der Waals surface area contributed by atoms with E-state index in [4.69, 9.17) is 9.15 Å². The van der Waals surface area contributed by atoms with Crippen LogP contribution < -0.4 is 10.6 Å². The fraction of sp³-hybridized carbons (Fsp3) is 0.455. The van der Waals surface area contributed by atoms with E-state index in [1.165, 1.54) is 12.7 Å². The van der Waals surface area contributed by atoms with Crippen molar-refractivity contribution in [1.82, 2.24) is 15.5 Å². The number of likely N-dealkylation sites (tertiary alicyclic amines) is 1. The Hall–Kier alpha value is -2.07. The molecule has 1 aromatic carbocycles. The summed E-state index contributed by atoms with van der Waals surface area (Å²) in [6, 6.07) is 12.7. The highest BCUT2D eigenvalue weighted by atomic mass is 127. The van der Waals surface area contributed by atoms with E-state index in [9.17, 15) is 4.79 Å². The minimum Gasteiger partial charge on any atom is -0.465 e. The van der Waals surface area contributed by atoms with Crippen molar-refractivity contribution in [1.29, 1.82) is 0 Å². The molecule has 0 amide bonds. The molecule has 2 N–H and O–H groups in total. The lowest BCUT2D eigenvalue weighted by Gasteiger charge is -2.33. The molecule has 0 saturated carbocycles. The zero-order chi connectivity index (χ0) is 20.6. The molecule has 0 aliphatic carbocycles. The standard InChI is InChI=1S/C22H30N4O3.HI/c1-16-20(21(27)28-3)13-19(29-16)14-24-22(23-2)25-18-9-11-26(12-10-18)15-17-7-5-4-6-8-17;/h4-8,13,18H,9-12,14-15H2,1-3H3,(H2,23,24,25);1H. The molecule has 8 heteroatoms. The Morgan fingerprint density at radius 2 is 1.97 bits per heavy atom. The lowest BCUT2D eigenvalue weighted by molar-refractivity contribution is 0.0599. The number of ether oxygens (including phenoxy) is 1. The number of carbonyl (C=O) groups excluding carboxylic acids is 1. The van der Waals surface area contributed by atoms with Crippen molar-refractivity contribution in [2.45, 2.75) is 38.9 Å². The highest BCUT2D eigenvalue weighted by Gasteiger charge is 2.20. The second-order valence-electron chi connectivity index (χ2n) is 7.28. The van der Waals surface area contributed by atoms with Gasteiger partial charge in [0, 0.05) is 32.7 Å². The van der Waals surface area contributed by atoms with Gasteiger partial charge in [0.2, 0.25) is 0 Å². The molecule has 2 aromatic rings. The molecule has 7 nitrogen and oxygen atoms in total. The first-order valence-corrected chi connectivity index (χ1v) is 10.00. The molecule has 2 heterocycles. The number of furan rings is 1. The molecule has 0 spiro atoms. The molecule has 0 radical (unpaired) electrons. The summed E-state index contributed by atoms with van der Waals surface area (Å²) in [5.74, 6) is 1.58. The fourth-order valence-corrected chi connectivity index (χ4v) is 3.58. The van der Waals surface area contributed by atoms with Gasteiger partial charge in [0.15, 0.2) is 5.96 Å². The highest BCUT2D eigenvalue weighted by molar-refractivity contribution is 14.0. The molecule has 1 aliphatic heterocycles.